The number of nitrogens with one attached hydrogen (secondary N) is 2. The first kappa shape index (κ1) is 24.0. The number of carbonyl (C=O) groups excluding carboxylic acids is 1. The van der Waals surface area contributed by atoms with Gasteiger partial charge in [0.1, 0.15) is 11.9 Å². The second kappa shape index (κ2) is 11.8. The van der Waals surface area contributed by atoms with E-state index in [2.05, 4.69) is 25.5 Å². The number of benzene rings is 1. The molecule has 0 bridgehead atoms. The number of guanidine groups is 1. The molecule has 2 N–H and O–H groups in total. The minimum Gasteiger partial charge on any atom is -0.367 e. The summed E-state index contributed by atoms with van der Waals surface area (Å²) in [5.74, 6) is 0.314. The Morgan fingerprint density at radius 2 is 1.97 bits per heavy atom. The predicted molar refractivity (Wildman–Crippen MR) is 125 cm³/mol. The zero-order chi connectivity index (χ0) is 20.6. The van der Waals surface area contributed by atoms with E-state index >= 15 is 0 Å². The van der Waals surface area contributed by atoms with Crippen LogP contribution in [0, 0.1) is 5.82 Å². The molecule has 1 fully saturated rings. The summed E-state index contributed by atoms with van der Waals surface area (Å²) in [6.45, 7) is 4.29. The molecular weight excluding hydrogens is 500 g/mol. The summed E-state index contributed by atoms with van der Waals surface area (Å²) in [5.41, 5.74) is 1.46. The Kier molecular flexibility index (Phi) is 9.44. The Balaban J connectivity index is 0.00000320. The number of pyridine rings is 1. The SMILES string of the molecule is CN=C(NCCNC(=O)c1cccnc1)N1CC(C)OC(c2ccc(F)cc2)C1.I. The van der Waals surface area contributed by atoms with E-state index in [1.54, 1.807) is 37.5 Å². The Hall–Kier alpha value is -2.27. The lowest BCUT2D eigenvalue weighted by molar-refractivity contribution is -0.0604. The third kappa shape index (κ3) is 6.63. The van der Waals surface area contributed by atoms with Crippen molar-refractivity contribution in [3.63, 3.8) is 0 Å². The van der Waals surface area contributed by atoms with E-state index in [0.29, 0.717) is 31.7 Å². The molecule has 30 heavy (non-hydrogen) atoms. The van der Waals surface area contributed by atoms with Crippen LogP contribution in [0.25, 0.3) is 0 Å². The second-order valence-corrected chi connectivity index (χ2v) is 6.86. The van der Waals surface area contributed by atoms with E-state index < -0.39 is 0 Å². The Bertz CT molecular complexity index is 835. The van der Waals surface area contributed by atoms with Gasteiger partial charge in [-0.3, -0.25) is 14.8 Å². The number of rotatable bonds is 5. The molecule has 1 amide bonds. The average molecular weight is 527 g/mol. The van der Waals surface area contributed by atoms with Crippen LogP contribution in [-0.4, -0.2) is 61.1 Å². The normalized spacial score (nSPS) is 19.0. The van der Waals surface area contributed by atoms with E-state index in [0.717, 1.165) is 11.5 Å². The van der Waals surface area contributed by atoms with Gasteiger partial charge in [0, 0.05) is 39.1 Å². The highest BCUT2D eigenvalue weighted by Crippen LogP contribution is 2.25. The highest BCUT2D eigenvalue weighted by Gasteiger charge is 2.28. The number of hydrogen-bond donors (Lipinski definition) is 2. The third-order valence-electron chi connectivity index (χ3n) is 4.63. The minimum absolute atomic E-state index is 0. The third-order valence-corrected chi connectivity index (χ3v) is 4.63. The number of aromatic nitrogens is 1. The largest absolute Gasteiger partial charge is 0.367 e. The lowest BCUT2D eigenvalue weighted by Gasteiger charge is -2.38. The highest BCUT2D eigenvalue weighted by molar-refractivity contribution is 14.0. The van der Waals surface area contributed by atoms with Crippen molar-refractivity contribution in [2.75, 3.05) is 33.2 Å². The molecule has 2 atom stereocenters. The van der Waals surface area contributed by atoms with Crippen molar-refractivity contribution >= 4 is 35.8 Å². The van der Waals surface area contributed by atoms with Crippen molar-refractivity contribution in [2.45, 2.75) is 19.1 Å². The standard InChI is InChI=1S/C21H26FN5O2.HI/c1-15-13-27(14-19(29-15)16-5-7-18(22)8-6-16)21(23-2)26-11-10-25-20(28)17-4-3-9-24-12-17;/h3-9,12,15,19H,10-11,13-14H2,1-2H3,(H,23,26)(H,25,28);1H. The van der Waals surface area contributed by atoms with Gasteiger partial charge in [0.25, 0.3) is 5.91 Å². The number of amides is 1. The van der Waals surface area contributed by atoms with Crippen LogP contribution in [0.1, 0.15) is 28.9 Å². The lowest BCUT2D eigenvalue weighted by Crippen LogP contribution is -2.51. The van der Waals surface area contributed by atoms with Gasteiger partial charge >= 0.3 is 0 Å². The van der Waals surface area contributed by atoms with Crippen LogP contribution >= 0.6 is 24.0 Å². The van der Waals surface area contributed by atoms with Gasteiger partial charge in [0.2, 0.25) is 0 Å². The lowest BCUT2D eigenvalue weighted by atomic mass is 10.1. The summed E-state index contributed by atoms with van der Waals surface area (Å²) in [7, 11) is 1.73. The van der Waals surface area contributed by atoms with Gasteiger partial charge in [-0.15, -0.1) is 24.0 Å². The van der Waals surface area contributed by atoms with E-state index in [1.807, 2.05) is 6.92 Å². The summed E-state index contributed by atoms with van der Waals surface area (Å²) in [5, 5.41) is 6.13. The highest BCUT2D eigenvalue weighted by atomic mass is 127. The molecule has 1 saturated heterocycles. The number of halogens is 2. The fraction of sp³-hybridized carbons (Fsp3) is 0.381. The van der Waals surface area contributed by atoms with Gasteiger partial charge < -0.3 is 20.3 Å². The molecule has 0 saturated carbocycles. The molecule has 2 aromatic rings. The fourth-order valence-corrected chi connectivity index (χ4v) is 3.27. The zero-order valence-electron chi connectivity index (χ0n) is 17.0. The van der Waals surface area contributed by atoms with Gasteiger partial charge in [-0.05, 0) is 36.8 Å². The molecule has 1 aliphatic rings. The van der Waals surface area contributed by atoms with Gasteiger partial charge in [-0.1, -0.05) is 12.1 Å². The van der Waals surface area contributed by atoms with Crippen LogP contribution in [0.3, 0.4) is 0 Å². The van der Waals surface area contributed by atoms with Crippen molar-refractivity contribution in [1.82, 2.24) is 20.5 Å². The summed E-state index contributed by atoms with van der Waals surface area (Å²) in [6, 6.07) is 9.84. The van der Waals surface area contributed by atoms with Crippen molar-refractivity contribution < 1.29 is 13.9 Å². The van der Waals surface area contributed by atoms with Crippen molar-refractivity contribution in [1.29, 1.82) is 0 Å². The number of aliphatic imine (C=N–C) groups is 1. The van der Waals surface area contributed by atoms with Crippen LogP contribution < -0.4 is 10.6 Å². The van der Waals surface area contributed by atoms with Crippen LogP contribution in [0.4, 0.5) is 4.39 Å². The van der Waals surface area contributed by atoms with E-state index in [4.69, 9.17) is 4.74 Å². The van der Waals surface area contributed by atoms with Crippen LogP contribution in [0.2, 0.25) is 0 Å². The van der Waals surface area contributed by atoms with Crippen molar-refractivity contribution in [3.8, 4) is 0 Å². The molecular formula is C21H27FIN5O2. The zero-order valence-corrected chi connectivity index (χ0v) is 19.4. The molecule has 7 nitrogen and oxygen atoms in total. The van der Waals surface area contributed by atoms with Gasteiger partial charge in [-0.2, -0.15) is 0 Å². The first-order valence-electron chi connectivity index (χ1n) is 9.61. The minimum atomic E-state index is -0.264. The first-order valence-corrected chi connectivity index (χ1v) is 9.61. The maximum Gasteiger partial charge on any atom is 0.252 e. The smallest absolute Gasteiger partial charge is 0.252 e. The molecule has 162 valence electrons. The Morgan fingerprint density at radius 1 is 1.23 bits per heavy atom. The Labute approximate surface area is 193 Å². The van der Waals surface area contributed by atoms with E-state index in [-0.39, 0.29) is 47.9 Å². The molecule has 2 heterocycles. The van der Waals surface area contributed by atoms with Gasteiger partial charge in [0.15, 0.2) is 5.96 Å². The van der Waals surface area contributed by atoms with Gasteiger partial charge in [-0.25, -0.2) is 4.39 Å². The number of ether oxygens (including phenoxy) is 1. The van der Waals surface area contributed by atoms with Crippen molar-refractivity contribution in [2.24, 2.45) is 4.99 Å². The van der Waals surface area contributed by atoms with Crippen LogP contribution in [-0.2, 0) is 4.74 Å². The summed E-state index contributed by atoms with van der Waals surface area (Å²) < 4.78 is 19.2. The molecule has 2 unspecified atom stereocenters. The average Bonchev–Trinajstić information content (AvgIpc) is 2.74. The molecule has 0 aliphatic carbocycles. The summed E-state index contributed by atoms with van der Waals surface area (Å²) in [6.07, 6.45) is 3.00. The molecule has 0 radical (unpaired) electrons. The summed E-state index contributed by atoms with van der Waals surface area (Å²) in [4.78, 5) is 22.5. The molecule has 3 rings (SSSR count). The quantitative estimate of drug-likeness (QED) is 0.271. The van der Waals surface area contributed by atoms with Crippen LogP contribution in [0.5, 0.6) is 0 Å². The first-order chi connectivity index (χ1) is 14.1. The molecule has 9 heteroatoms. The monoisotopic (exact) mass is 527 g/mol. The number of hydrogen-bond acceptors (Lipinski definition) is 4. The second-order valence-electron chi connectivity index (χ2n) is 6.86. The molecule has 0 spiro atoms. The van der Waals surface area contributed by atoms with Gasteiger partial charge in [0.05, 0.1) is 18.2 Å². The maximum absolute atomic E-state index is 13.2. The maximum atomic E-state index is 13.2. The number of morpholine rings is 1. The molecule has 1 aromatic heterocycles. The number of nitrogens with zero attached hydrogens (tertiary/aromatic N) is 3. The fourth-order valence-electron chi connectivity index (χ4n) is 3.27. The predicted octanol–water partition coefficient (Wildman–Crippen LogP) is 2.61. The van der Waals surface area contributed by atoms with Crippen molar-refractivity contribution in [3.05, 3.63) is 65.7 Å². The van der Waals surface area contributed by atoms with E-state index in [1.165, 1.54) is 18.3 Å². The Morgan fingerprint density at radius 3 is 2.63 bits per heavy atom. The van der Waals surface area contributed by atoms with Crippen LogP contribution in [0.15, 0.2) is 53.8 Å². The van der Waals surface area contributed by atoms with E-state index in [9.17, 15) is 9.18 Å². The molecule has 1 aliphatic heterocycles. The topological polar surface area (TPSA) is 78.8 Å². The molecule has 1 aromatic carbocycles. The number of carbonyl (C=O) groups is 1. The summed E-state index contributed by atoms with van der Waals surface area (Å²) >= 11 is 0.